The summed E-state index contributed by atoms with van der Waals surface area (Å²) in [4.78, 5) is 2.48. The first-order valence-electron chi connectivity index (χ1n) is 24.5. The second-order valence-electron chi connectivity index (χ2n) is 18.3. The molecule has 3 aliphatic rings. The van der Waals surface area contributed by atoms with Crippen molar-refractivity contribution < 1.29 is 0 Å². The number of hydrogen-bond acceptors (Lipinski definition) is 1. The Morgan fingerprint density at radius 3 is 1.49 bits per heavy atom. The molecule has 0 heterocycles. The third-order valence-electron chi connectivity index (χ3n) is 14.2. The molecule has 0 fully saturated rings. The monoisotopic (exact) mass is 893 g/mol. The van der Waals surface area contributed by atoms with Gasteiger partial charge in [-0.1, -0.05) is 249 Å². The van der Waals surface area contributed by atoms with Crippen LogP contribution in [0.4, 0.5) is 17.1 Å². The molecule has 0 saturated heterocycles. The number of allylic oxidation sites excluding steroid dienone is 12. The SMILES string of the molecule is C1=CCC=CC(C2(c3ccccc3)c3ccccc3-c3cc(-c4ccc(-c5ccccc5)cc4)c(N(c4ccc(-c5ccccc5)cc4)c4ccc(-c5ccc(C6=CCC=CC=C6)cc5)cc4)cc32)=C1. The van der Waals surface area contributed by atoms with Gasteiger partial charge in [-0.25, -0.2) is 0 Å². The van der Waals surface area contributed by atoms with Crippen LogP contribution in [0.15, 0.2) is 291 Å². The van der Waals surface area contributed by atoms with Gasteiger partial charge in [-0.3, -0.25) is 0 Å². The van der Waals surface area contributed by atoms with E-state index in [0.29, 0.717) is 0 Å². The molecule has 1 nitrogen and oxygen atoms in total. The van der Waals surface area contributed by atoms with E-state index in [1.165, 1.54) is 77.9 Å². The van der Waals surface area contributed by atoms with Crippen LogP contribution >= 0.6 is 0 Å². The van der Waals surface area contributed by atoms with Gasteiger partial charge in [0.15, 0.2) is 0 Å². The van der Waals surface area contributed by atoms with Crippen molar-refractivity contribution in [2.75, 3.05) is 4.90 Å². The molecule has 0 saturated carbocycles. The Labute approximate surface area is 412 Å². The third kappa shape index (κ3) is 7.82. The van der Waals surface area contributed by atoms with Crippen LogP contribution in [0.25, 0.3) is 61.2 Å². The van der Waals surface area contributed by atoms with Crippen LogP contribution in [0.3, 0.4) is 0 Å². The molecule has 1 unspecified atom stereocenters. The zero-order valence-corrected chi connectivity index (χ0v) is 39.0. The van der Waals surface area contributed by atoms with Crippen LogP contribution in [-0.2, 0) is 5.41 Å². The van der Waals surface area contributed by atoms with Gasteiger partial charge >= 0.3 is 0 Å². The number of fused-ring (bicyclic) bond motifs is 3. The lowest BCUT2D eigenvalue weighted by Crippen LogP contribution is -2.29. The Kier molecular flexibility index (Phi) is 11.4. The molecular weight excluding hydrogens is 843 g/mol. The summed E-state index contributed by atoms with van der Waals surface area (Å²) >= 11 is 0. The van der Waals surface area contributed by atoms with E-state index >= 15 is 0 Å². The quantitative estimate of drug-likeness (QED) is 0.132. The highest BCUT2D eigenvalue weighted by Crippen LogP contribution is 2.59. The molecule has 0 bridgehead atoms. The molecule has 0 aromatic heterocycles. The van der Waals surface area contributed by atoms with Gasteiger partial charge in [0.2, 0.25) is 0 Å². The van der Waals surface area contributed by atoms with Gasteiger partial charge in [-0.15, -0.1) is 0 Å². The van der Waals surface area contributed by atoms with E-state index in [4.69, 9.17) is 0 Å². The van der Waals surface area contributed by atoms with Gasteiger partial charge in [0.05, 0.1) is 11.1 Å². The molecule has 9 aromatic carbocycles. The van der Waals surface area contributed by atoms with Gasteiger partial charge < -0.3 is 4.90 Å². The highest BCUT2D eigenvalue weighted by atomic mass is 15.1. The summed E-state index contributed by atoms with van der Waals surface area (Å²) < 4.78 is 0. The number of benzene rings is 9. The fourth-order valence-corrected chi connectivity index (χ4v) is 10.8. The number of hydrogen-bond donors (Lipinski definition) is 0. The standard InChI is InChI=1S/C69H51N/c1-2-9-21-50(20-8-1)53-32-34-55(35-33-53)57-42-46-62(47-43-57)70(61-44-40-56(41-45-61)52-24-12-6-13-25-52)68-49-67-65(48-64(68)58-38-36-54(37-39-58)51-22-10-5-11-23-51)63-30-18-19-31-66(63)69(67,60-28-16-7-17-29-60)59-26-14-3-4-15-27-59/h1-3,5-8,10-49H,4,9H2. The zero-order valence-electron chi connectivity index (χ0n) is 39.0. The highest BCUT2D eigenvalue weighted by molar-refractivity contribution is 5.97. The van der Waals surface area contributed by atoms with E-state index in [1.54, 1.807) is 0 Å². The molecule has 9 aromatic rings. The smallest absolute Gasteiger partial charge is 0.0714 e. The Morgan fingerprint density at radius 2 is 0.857 bits per heavy atom. The Hall–Kier alpha value is -8.78. The molecule has 0 radical (unpaired) electrons. The van der Waals surface area contributed by atoms with E-state index in [9.17, 15) is 0 Å². The maximum Gasteiger partial charge on any atom is 0.0714 e. The van der Waals surface area contributed by atoms with Crippen molar-refractivity contribution in [2.45, 2.75) is 18.3 Å². The maximum absolute atomic E-state index is 2.52. The van der Waals surface area contributed by atoms with Gasteiger partial charge in [-0.05, 0) is 133 Å². The molecule has 0 spiro atoms. The maximum atomic E-state index is 2.52. The minimum absolute atomic E-state index is 0.583. The van der Waals surface area contributed by atoms with Crippen LogP contribution in [0.2, 0.25) is 0 Å². The molecule has 0 N–H and O–H groups in total. The first kappa shape index (κ1) is 42.6. The van der Waals surface area contributed by atoms with Crippen LogP contribution < -0.4 is 4.90 Å². The lowest BCUT2D eigenvalue weighted by molar-refractivity contribution is 0.767. The molecule has 0 amide bonds. The van der Waals surface area contributed by atoms with Gasteiger partial charge in [-0.2, -0.15) is 0 Å². The molecular formula is C69H51N. The normalized spacial score (nSPS) is 15.6. The van der Waals surface area contributed by atoms with Crippen LogP contribution in [0.1, 0.15) is 35.1 Å². The van der Waals surface area contributed by atoms with Crippen molar-refractivity contribution in [1.82, 2.24) is 0 Å². The minimum atomic E-state index is -0.583. The summed E-state index contributed by atoms with van der Waals surface area (Å²) in [6.07, 6.45) is 24.3. The lowest BCUT2D eigenvalue weighted by Gasteiger charge is -2.36. The summed E-state index contributed by atoms with van der Waals surface area (Å²) in [7, 11) is 0. The Balaban J connectivity index is 1.09. The molecule has 3 aliphatic carbocycles. The molecule has 70 heavy (non-hydrogen) atoms. The fourth-order valence-electron chi connectivity index (χ4n) is 10.8. The second-order valence-corrected chi connectivity index (χ2v) is 18.3. The van der Waals surface area contributed by atoms with Crippen LogP contribution in [0.5, 0.6) is 0 Å². The highest BCUT2D eigenvalue weighted by Gasteiger charge is 2.47. The third-order valence-corrected chi connectivity index (χ3v) is 14.2. The fraction of sp³-hybridized carbons (Fsp3) is 0.0435. The first-order chi connectivity index (χ1) is 34.7. The molecule has 12 rings (SSSR count). The minimum Gasteiger partial charge on any atom is -0.310 e. The van der Waals surface area contributed by atoms with Gasteiger partial charge in [0.1, 0.15) is 0 Å². The topological polar surface area (TPSA) is 3.24 Å². The number of rotatable bonds is 10. The predicted octanol–water partition coefficient (Wildman–Crippen LogP) is 18.5. The molecule has 1 atom stereocenters. The Morgan fingerprint density at radius 1 is 0.343 bits per heavy atom. The predicted molar refractivity (Wildman–Crippen MR) is 296 cm³/mol. The van der Waals surface area contributed by atoms with Crippen LogP contribution in [-0.4, -0.2) is 0 Å². The molecule has 332 valence electrons. The summed E-state index contributed by atoms with van der Waals surface area (Å²) in [5.41, 5.74) is 22.2. The zero-order chi connectivity index (χ0) is 46.7. The van der Waals surface area contributed by atoms with E-state index in [0.717, 1.165) is 41.0 Å². The average molecular weight is 894 g/mol. The van der Waals surface area contributed by atoms with Gasteiger partial charge in [0.25, 0.3) is 0 Å². The Bertz CT molecular complexity index is 3520. The van der Waals surface area contributed by atoms with Crippen molar-refractivity contribution in [3.63, 3.8) is 0 Å². The van der Waals surface area contributed by atoms with Crippen molar-refractivity contribution in [3.05, 3.63) is 313 Å². The van der Waals surface area contributed by atoms with Crippen molar-refractivity contribution >= 4 is 22.6 Å². The molecule has 1 heteroatoms. The average Bonchev–Trinajstić information content (AvgIpc) is 3.74. The number of anilines is 3. The number of nitrogens with zero attached hydrogens (tertiary/aromatic N) is 1. The van der Waals surface area contributed by atoms with E-state index < -0.39 is 5.41 Å². The van der Waals surface area contributed by atoms with Crippen molar-refractivity contribution in [2.24, 2.45) is 0 Å². The molecule has 0 aliphatic heterocycles. The van der Waals surface area contributed by atoms with E-state index in [1.807, 2.05) is 0 Å². The van der Waals surface area contributed by atoms with Gasteiger partial charge in [0, 0.05) is 16.9 Å². The summed E-state index contributed by atoms with van der Waals surface area (Å²) in [6, 6.07) is 83.0. The summed E-state index contributed by atoms with van der Waals surface area (Å²) in [5.74, 6) is 0. The van der Waals surface area contributed by atoms with E-state index in [-0.39, 0.29) is 0 Å². The lowest BCUT2D eigenvalue weighted by atomic mass is 9.66. The van der Waals surface area contributed by atoms with Crippen molar-refractivity contribution in [3.8, 4) is 55.6 Å². The van der Waals surface area contributed by atoms with E-state index in [2.05, 4.69) is 290 Å². The van der Waals surface area contributed by atoms with Crippen LogP contribution in [0, 0.1) is 0 Å². The summed E-state index contributed by atoms with van der Waals surface area (Å²) in [6.45, 7) is 0. The largest absolute Gasteiger partial charge is 0.310 e. The first-order valence-corrected chi connectivity index (χ1v) is 24.5. The van der Waals surface area contributed by atoms with Crippen molar-refractivity contribution in [1.29, 1.82) is 0 Å². The second kappa shape index (κ2) is 18.7. The summed E-state index contributed by atoms with van der Waals surface area (Å²) in [5, 5.41) is 0.